The molecule has 0 saturated heterocycles. The lowest BCUT2D eigenvalue weighted by molar-refractivity contribution is 0.0977. The van der Waals surface area contributed by atoms with E-state index in [1.807, 2.05) is 12.1 Å². The summed E-state index contributed by atoms with van der Waals surface area (Å²) in [6.07, 6.45) is 0.586. The summed E-state index contributed by atoms with van der Waals surface area (Å²) in [6, 6.07) is 6.23. The molecule has 23 heavy (non-hydrogen) atoms. The van der Waals surface area contributed by atoms with E-state index in [0.717, 1.165) is 16.7 Å². The highest BCUT2D eigenvalue weighted by Gasteiger charge is 2.18. The molecule has 0 radical (unpaired) electrons. The number of hydrogen-bond acceptors (Lipinski definition) is 5. The van der Waals surface area contributed by atoms with Gasteiger partial charge in [0.15, 0.2) is 5.78 Å². The zero-order valence-corrected chi connectivity index (χ0v) is 13.4. The Kier molecular flexibility index (Phi) is 4.79. The van der Waals surface area contributed by atoms with Gasteiger partial charge >= 0.3 is 0 Å². The minimum atomic E-state index is -0.356. The molecule has 2 aromatic rings. The van der Waals surface area contributed by atoms with Gasteiger partial charge in [-0.2, -0.15) is 0 Å². The predicted molar refractivity (Wildman–Crippen MR) is 86.6 cm³/mol. The number of aryl methyl sites for hydroxylation is 3. The van der Waals surface area contributed by atoms with Crippen molar-refractivity contribution in [2.75, 3.05) is 7.11 Å². The number of phenolic OH excluding ortho intramolecular Hbond substituents is 3. The molecule has 2 aromatic carbocycles. The fourth-order valence-electron chi connectivity index (χ4n) is 2.56. The van der Waals surface area contributed by atoms with Gasteiger partial charge in [0, 0.05) is 18.6 Å². The Balaban J connectivity index is 2.17. The molecule has 0 heterocycles. The van der Waals surface area contributed by atoms with Crippen LogP contribution in [0.4, 0.5) is 0 Å². The van der Waals surface area contributed by atoms with Crippen molar-refractivity contribution >= 4 is 5.78 Å². The SMILES string of the molecule is COc1cc(O)c(C(=O)CCc2cc(C)c(O)c(C)c2)c(O)c1. The monoisotopic (exact) mass is 316 g/mol. The van der Waals surface area contributed by atoms with Crippen LogP contribution in [0.25, 0.3) is 0 Å². The first-order chi connectivity index (χ1) is 10.8. The quantitative estimate of drug-likeness (QED) is 0.737. The number of hydrogen-bond donors (Lipinski definition) is 3. The molecule has 0 bridgehead atoms. The molecule has 3 N–H and O–H groups in total. The second kappa shape index (κ2) is 6.60. The van der Waals surface area contributed by atoms with E-state index < -0.39 is 0 Å². The van der Waals surface area contributed by atoms with E-state index in [2.05, 4.69) is 0 Å². The molecular weight excluding hydrogens is 296 g/mol. The standard InChI is InChI=1S/C18H20O5/c1-10-6-12(7-11(2)18(10)22)4-5-14(19)17-15(20)8-13(23-3)9-16(17)21/h6-9,20-22H,4-5H2,1-3H3. The number of carbonyl (C=O) groups is 1. The summed E-state index contributed by atoms with van der Waals surface area (Å²) in [6.45, 7) is 3.60. The highest BCUT2D eigenvalue weighted by atomic mass is 16.5. The average Bonchev–Trinajstić information content (AvgIpc) is 2.49. The average molecular weight is 316 g/mol. The Bertz CT molecular complexity index is 703. The Morgan fingerprint density at radius 2 is 1.52 bits per heavy atom. The highest BCUT2D eigenvalue weighted by Crippen LogP contribution is 2.33. The fourth-order valence-corrected chi connectivity index (χ4v) is 2.56. The van der Waals surface area contributed by atoms with Crippen LogP contribution in [0.15, 0.2) is 24.3 Å². The summed E-state index contributed by atoms with van der Waals surface area (Å²) in [7, 11) is 1.41. The van der Waals surface area contributed by atoms with E-state index in [9.17, 15) is 20.1 Å². The Labute approximate surface area is 134 Å². The number of carbonyl (C=O) groups excluding carboxylic acids is 1. The summed E-state index contributed by atoms with van der Waals surface area (Å²) in [5.74, 6) is -0.423. The minimum Gasteiger partial charge on any atom is -0.507 e. The number of ether oxygens (including phenoxy) is 1. The summed E-state index contributed by atoms with van der Waals surface area (Å²) in [5, 5.41) is 29.6. The third kappa shape index (κ3) is 3.56. The lowest BCUT2D eigenvalue weighted by Gasteiger charge is -2.10. The van der Waals surface area contributed by atoms with Crippen molar-refractivity contribution in [1.82, 2.24) is 0 Å². The zero-order valence-electron chi connectivity index (χ0n) is 13.4. The lowest BCUT2D eigenvalue weighted by atomic mass is 9.98. The van der Waals surface area contributed by atoms with Crippen LogP contribution in [0, 0.1) is 13.8 Å². The summed E-state index contributed by atoms with van der Waals surface area (Å²) >= 11 is 0. The summed E-state index contributed by atoms with van der Waals surface area (Å²) in [4.78, 5) is 12.3. The number of aromatic hydroxyl groups is 3. The van der Waals surface area contributed by atoms with E-state index in [4.69, 9.17) is 4.74 Å². The van der Waals surface area contributed by atoms with Gasteiger partial charge in [0.25, 0.3) is 0 Å². The highest BCUT2D eigenvalue weighted by molar-refractivity contribution is 6.01. The van der Waals surface area contributed by atoms with Crippen LogP contribution in [0.1, 0.15) is 33.5 Å². The van der Waals surface area contributed by atoms with Gasteiger partial charge in [0.1, 0.15) is 28.6 Å². The first kappa shape index (κ1) is 16.7. The molecule has 5 nitrogen and oxygen atoms in total. The van der Waals surface area contributed by atoms with Crippen molar-refractivity contribution in [2.45, 2.75) is 26.7 Å². The predicted octanol–water partition coefficient (Wildman–Crippen LogP) is 3.24. The summed E-state index contributed by atoms with van der Waals surface area (Å²) < 4.78 is 4.92. The number of rotatable bonds is 5. The molecule has 0 aromatic heterocycles. The number of methoxy groups -OCH3 is 1. The largest absolute Gasteiger partial charge is 0.507 e. The van der Waals surface area contributed by atoms with Crippen LogP contribution in [0.5, 0.6) is 23.0 Å². The number of Topliss-reactive ketones (excluding diaryl/α,β-unsaturated/α-hetero) is 1. The second-order valence-electron chi connectivity index (χ2n) is 5.54. The van der Waals surface area contributed by atoms with Gasteiger partial charge in [-0.3, -0.25) is 4.79 Å². The van der Waals surface area contributed by atoms with Crippen LogP contribution in [0.2, 0.25) is 0 Å². The maximum absolute atomic E-state index is 12.3. The van der Waals surface area contributed by atoms with E-state index in [1.165, 1.54) is 19.2 Å². The Morgan fingerprint density at radius 1 is 1.00 bits per heavy atom. The van der Waals surface area contributed by atoms with Gasteiger partial charge in [-0.15, -0.1) is 0 Å². The van der Waals surface area contributed by atoms with Crippen LogP contribution in [-0.4, -0.2) is 28.2 Å². The van der Waals surface area contributed by atoms with Crippen LogP contribution in [-0.2, 0) is 6.42 Å². The van der Waals surface area contributed by atoms with E-state index in [-0.39, 0.29) is 40.8 Å². The molecule has 0 amide bonds. The smallest absolute Gasteiger partial charge is 0.170 e. The van der Waals surface area contributed by atoms with Crippen molar-refractivity contribution in [3.63, 3.8) is 0 Å². The molecule has 0 atom stereocenters. The molecule has 122 valence electrons. The van der Waals surface area contributed by atoms with Gasteiger partial charge in [-0.25, -0.2) is 0 Å². The van der Waals surface area contributed by atoms with Crippen LogP contribution >= 0.6 is 0 Å². The molecule has 0 saturated carbocycles. The molecule has 0 aliphatic rings. The second-order valence-corrected chi connectivity index (χ2v) is 5.54. The first-order valence-electron chi connectivity index (χ1n) is 7.25. The maximum Gasteiger partial charge on any atom is 0.170 e. The van der Waals surface area contributed by atoms with E-state index in [0.29, 0.717) is 6.42 Å². The van der Waals surface area contributed by atoms with Crippen LogP contribution in [0.3, 0.4) is 0 Å². The fraction of sp³-hybridized carbons (Fsp3) is 0.278. The molecule has 0 unspecified atom stereocenters. The van der Waals surface area contributed by atoms with Crippen molar-refractivity contribution in [3.8, 4) is 23.0 Å². The Hall–Kier alpha value is -2.69. The molecule has 5 heteroatoms. The molecule has 0 fully saturated rings. The molecular formula is C18H20O5. The van der Waals surface area contributed by atoms with Crippen LogP contribution < -0.4 is 4.74 Å². The third-order valence-electron chi connectivity index (χ3n) is 3.78. The maximum atomic E-state index is 12.3. The van der Waals surface area contributed by atoms with E-state index in [1.54, 1.807) is 13.8 Å². The zero-order chi connectivity index (χ0) is 17.1. The van der Waals surface area contributed by atoms with Gasteiger partial charge in [-0.05, 0) is 37.0 Å². The van der Waals surface area contributed by atoms with Gasteiger partial charge < -0.3 is 20.1 Å². The molecule has 0 spiro atoms. The number of ketones is 1. The molecule has 0 aliphatic heterocycles. The number of benzene rings is 2. The van der Waals surface area contributed by atoms with Gasteiger partial charge in [-0.1, -0.05) is 12.1 Å². The van der Waals surface area contributed by atoms with E-state index >= 15 is 0 Å². The third-order valence-corrected chi connectivity index (χ3v) is 3.78. The van der Waals surface area contributed by atoms with Gasteiger partial charge in [0.05, 0.1) is 7.11 Å². The van der Waals surface area contributed by atoms with Crippen molar-refractivity contribution < 1.29 is 24.9 Å². The molecule has 0 aliphatic carbocycles. The first-order valence-corrected chi connectivity index (χ1v) is 7.25. The van der Waals surface area contributed by atoms with Crippen molar-refractivity contribution in [1.29, 1.82) is 0 Å². The molecule has 2 rings (SSSR count). The van der Waals surface area contributed by atoms with Gasteiger partial charge in [0.2, 0.25) is 0 Å². The summed E-state index contributed by atoms with van der Waals surface area (Å²) in [5.41, 5.74) is 2.32. The topological polar surface area (TPSA) is 87.0 Å². The number of phenols is 3. The Morgan fingerprint density at radius 3 is 2.00 bits per heavy atom. The van der Waals surface area contributed by atoms with Crippen molar-refractivity contribution in [2.24, 2.45) is 0 Å². The normalized spacial score (nSPS) is 10.6. The minimum absolute atomic E-state index is 0.0991. The lowest BCUT2D eigenvalue weighted by Crippen LogP contribution is -2.03. The van der Waals surface area contributed by atoms with Crippen molar-refractivity contribution in [3.05, 3.63) is 46.5 Å².